The molecule has 0 unspecified atom stereocenters. The number of carbonyl (C=O) groups is 2. The molecular weight excluding hydrogens is 426 g/mol. The maximum absolute atomic E-state index is 13.0. The fraction of sp³-hybridized carbons (Fsp3) is 0.231. The van der Waals surface area contributed by atoms with Gasteiger partial charge in [0.15, 0.2) is 0 Å². The van der Waals surface area contributed by atoms with Gasteiger partial charge in [0.1, 0.15) is 5.75 Å². The van der Waals surface area contributed by atoms with Crippen molar-refractivity contribution >= 4 is 23.5 Å². The largest absolute Gasteiger partial charge is 0.492 e. The SMILES string of the molecule is COC(=O)c1ccc([C@H](C)NC(=O)c2cc(Cl)ccc2OCCc2ccc(C)cc2)cc1. The van der Waals surface area contributed by atoms with Crippen LogP contribution in [0.5, 0.6) is 5.75 Å². The molecule has 0 spiro atoms. The van der Waals surface area contributed by atoms with E-state index in [-0.39, 0.29) is 11.9 Å². The van der Waals surface area contributed by atoms with Gasteiger partial charge in [-0.2, -0.15) is 0 Å². The second kappa shape index (κ2) is 10.8. The van der Waals surface area contributed by atoms with Crippen LogP contribution in [0.1, 0.15) is 50.4 Å². The Balaban J connectivity index is 1.66. The molecule has 6 heteroatoms. The molecule has 0 radical (unpaired) electrons. The molecule has 32 heavy (non-hydrogen) atoms. The first-order valence-corrected chi connectivity index (χ1v) is 10.7. The molecule has 0 heterocycles. The Morgan fingerprint density at radius 2 is 1.69 bits per heavy atom. The Hall–Kier alpha value is -3.31. The topological polar surface area (TPSA) is 64.6 Å². The zero-order valence-electron chi connectivity index (χ0n) is 18.4. The van der Waals surface area contributed by atoms with Gasteiger partial charge in [-0.05, 0) is 55.3 Å². The van der Waals surface area contributed by atoms with Crippen molar-refractivity contribution in [2.45, 2.75) is 26.3 Å². The van der Waals surface area contributed by atoms with Crippen molar-refractivity contribution in [2.24, 2.45) is 0 Å². The van der Waals surface area contributed by atoms with E-state index in [1.807, 2.05) is 13.8 Å². The lowest BCUT2D eigenvalue weighted by Gasteiger charge is -2.17. The van der Waals surface area contributed by atoms with E-state index >= 15 is 0 Å². The van der Waals surface area contributed by atoms with Crippen LogP contribution in [0.2, 0.25) is 5.02 Å². The maximum Gasteiger partial charge on any atom is 0.337 e. The van der Waals surface area contributed by atoms with Crippen molar-refractivity contribution in [3.63, 3.8) is 0 Å². The molecule has 166 valence electrons. The van der Waals surface area contributed by atoms with E-state index in [4.69, 9.17) is 21.1 Å². The summed E-state index contributed by atoms with van der Waals surface area (Å²) in [5.74, 6) is -0.214. The maximum atomic E-state index is 13.0. The quantitative estimate of drug-likeness (QED) is 0.456. The van der Waals surface area contributed by atoms with Gasteiger partial charge in [-0.25, -0.2) is 4.79 Å². The first-order chi connectivity index (χ1) is 15.4. The number of benzene rings is 3. The monoisotopic (exact) mass is 451 g/mol. The second-order valence-corrected chi connectivity index (χ2v) is 7.97. The van der Waals surface area contributed by atoms with Crippen LogP contribution in [-0.2, 0) is 11.2 Å². The fourth-order valence-electron chi connectivity index (χ4n) is 3.22. The van der Waals surface area contributed by atoms with Crippen LogP contribution in [-0.4, -0.2) is 25.6 Å². The Morgan fingerprint density at radius 3 is 2.34 bits per heavy atom. The summed E-state index contributed by atoms with van der Waals surface area (Å²) in [4.78, 5) is 24.6. The predicted molar refractivity (Wildman–Crippen MR) is 125 cm³/mol. The number of nitrogens with one attached hydrogen (secondary N) is 1. The van der Waals surface area contributed by atoms with Crippen LogP contribution in [0.3, 0.4) is 0 Å². The average molecular weight is 452 g/mol. The highest BCUT2D eigenvalue weighted by atomic mass is 35.5. The van der Waals surface area contributed by atoms with Crippen LogP contribution in [0.25, 0.3) is 0 Å². The lowest BCUT2D eigenvalue weighted by molar-refractivity contribution is 0.0600. The highest BCUT2D eigenvalue weighted by molar-refractivity contribution is 6.31. The Bertz CT molecular complexity index is 1080. The summed E-state index contributed by atoms with van der Waals surface area (Å²) in [5.41, 5.74) is 4.06. The summed E-state index contributed by atoms with van der Waals surface area (Å²) in [6.07, 6.45) is 0.729. The highest BCUT2D eigenvalue weighted by Crippen LogP contribution is 2.24. The third-order valence-corrected chi connectivity index (χ3v) is 5.37. The van der Waals surface area contributed by atoms with Crippen LogP contribution < -0.4 is 10.1 Å². The van der Waals surface area contributed by atoms with E-state index in [1.165, 1.54) is 18.2 Å². The second-order valence-electron chi connectivity index (χ2n) is 7.53. The van der Waals surface area contributed by atoms with E-state index in [9.17, 15) is 9.59 Å². The summed E-state index contributed by atoms with van der Waals surface area (Å²) < 4.78 is 10.6. The Labute approximate surface area is 193 Å². The van der Waals surface area contributed by atoms with Crippen molar-refractivity contribution < 1.29 is 19.1 Å². The zero-order chi connectivity index (χ0) is 23.1. The predicted octanol–water partition coefficient (Wildman–Crippen LogP) is 5.55. The minimum atomic E-state index is -0.403. The third-order valence-electron chi connectivity index (χ3n) is 5.13. The van der Waals surface area contributed by atoms with E-state index in [2.05, 4.69) is 29.6 Å². The molecular formula is C26H26ClNO4. The number of carbonyl (C=O) groups excluding carboxylic acids is 2. The number of ether oxygens (including phenoxy) is 2. The smallest absolute Gasteiger partial charge is 0.337 e. The number of rotatable bonds is 8. The van der Waals surface area contributed by atoms with Crippen LogP contribution >= 0.6 is 11.6 Å². The van der Waals surface area contributed by atoms with Crippen molar-refractivity contribution in [2.75, 3.05) is 13.7 Å². The minimum Gasteiger partial charge on any atom is -0.492 e. The molecule has 3 aromatic rings. The number of amides is 1. The number of hydrogen-bond donors (Lipinski definition) is 1. The van der Waals surface area contributed by atoms with Gasteiger partial charge < -0.3 is 14.8 Å². The summed E-state index contributed by atoms with van der Waals surface area (Å²) in [7, 11) is 1.34. The molecule has 3 aromatic carbocycles. The van der Waals surface area contributed by atoms with Gasteiger partial charge in [0.2, 0.25) is 0 Å². The molecule has 1 N–H and O–H groups in total. The van der Waals surface area contributed by atoms with Crippen molar-refractivity contribution in [3.05, 3.63) is 99.6 Å². The third kappa shape index (κ3) is 6.11. The number of esters is 1. The molecule has 0 fully saturated rings. The van der Waals surface area contributed by atoms with Crippen molar-refractivity contribution in [1.82, 2.24) is 5.32 Å². The minimum absolute atomic E-state index is 0.284. The van der Waals surface area contributed by atoms with Gasteiger partial charge in [0, 0.05) is 11.4 Å². The van der Waals surface area contributed by atoms with Gasteiger partial charge in [0.25, 0.3) is 5.91 Å². The standard InChI is InChI=1S/C26H26ClNO4/c1-17-4-6-19(7-5-17)14-15-32-24-13-12-22(27)16-23(24)25(29)28-18(2)20-8-10-21(11-9-20)26(30)31-3/h4-13,16,18H,14-15H2,1-3H3,(H,28,29)/t18-/m0/s1. The van der Waals surface area contributed by atoms with Crippen LogP contribution in [0, 0.1) is 6.92 Å². The molecule has 0 saturated carbocycles. The van der Waals surface area contributed by atoms with Gasteiger partial charge in [-0.15, -0.1) is 0 Å². The van der Waals surface area contributed by atoms with Gasteiger partial charge in [-0.1, -0.05) is 53.6 Å². The molecule has 0 aliphatic rings. The molecule has 1 amide bonds. The normalized spacial score (nSPS) is 11.5. The molecule has 5 nitrogen and oxygen atoms in total. The van der Waals surface area contributed by atoms with Crippen LogP contribution in [0.4, 0.5) is 0 Å². The van der Waals surface area contributed by atoms with E-state index in [0.717, 1.165) is 12.0 Å². The lowest BCUT2D eigenvalue weighted by Crippen LogP contribution is -2.27. The molecule has 3 rings (SSSR count). The van der Waals surface area contributed by atoms with E-state index in [0.29, 0.717) is 28.5 Å². The van der Waals surface area contributed by atoms with Gasteiger partial charge >= 0.3 is 5.97 Å². The van der Waals surface area contributed by atoms with Gasteiger partial charge in [-0.3, -0.25) is 4.79 Å². The number of hydrogen-bond acceptors (Lipinski definition) is 4. The first-order valence-electron chi connectivity index (χ1n) is 10.3. The van der Waals surface area contributed by atoms with Crippen molar-refractivity contribution in [3.8, 4) is 5.75 Å². The lowest BCUT2D eigenvalue weighted by atomic mass is 10.1. The fourth-order valence-corrected chi connectivity index (χ4v) is 3.39. The summed E-state index contributed by atoms with van der Waals surface area (Å²) in [6, 6.07) is 19.9. The molecule has 0 aliphatic heterocycles. The number of methoxy groups -OCH3 is 1. The summed E-state index contributed by atoms with van der Waals surface area (Å²) in [5, 5.41) is 3.42. The molecule has 0 bridgehead atoms. The van der Waals surface area contributed by atoms with Crippen molar-refractivity contribution in [1.29, 1.82) is 0 Å². The van der Waals surface area contributed by atoms with Gasteiger partial charge in [0.05, 0.1) is 30.9 Å². The molecule has 0 saturated heterocycles. The van der Waals surface area contributed by atoms with E-state index < -0.39 is 5.97 Å². The number of halogens is 1. The average Bonchev–Trinajstić information content (AvgIpc) is 2.80. The zero-order valence-corrected chi connectivity index (χ0v) is 19.1. The molecule has 0 aliphatic carbocycles. The summed E-state index contributed by atoms with van der Waals surface area (Å²) >= 11 is 6.14. The van der Waals surface area contributed by atoms with E-state index in [1.54, 1.807) is 42.5 Å². The molecule has 0 aromatic heterocycles. The molecule has 1 atom stereocenters. The summed E-state index contributed by atoms with van der Waals surface area (Å²) in [6.45, 7) is 4.36. The first kappa shape index (κ1) is 23.4. The Kier molecular flexibility index (Phi) is 7.90. The Morgan fingerprint density at radius 1 is 1.00 bits per heavy atom. The van der Waals surface area contributed by atoms with Crippen LogP contribution in [0.15, 0.2) is 66.7 Å². The number of aryl methyl sites for hydroxylation is 1. The highest BCUT2D eigenvalue weighted by Gasteiger charge is 2.17.